The van der Waals surface area contributed by atoms with Crippen molar-refractivity contribution < 1.29 is 9.53 Å². The molecule has 0 radical (unpaired) electrons. The third kappa shape index (κ3) is 3.82. The fourth-order valence-corrected chi connectivity index (χ4v) is 2.75. The van der Waals surface area contributed by atoms with Crippen LogP contribution in [0.2, 0.25) is 0 Å². The van der Waals surface area contributed by atoms with E-state index in [4.69, 9.17) is 4.74 Å². The van der Waals surface area contributed by atoms with Crippen LogP contribution < -0.4 is 4.74 Å². The number of hydrogen-bond donors (Lipinski definition) is 0. The molecule has 0 atom stereocenters. The van der Waals surface area contributed by atoms with Crippen molar-refractivity contribution in [3.05, 3.63) is 61.6 Å². The van der Waals surface area contributed by atoms with Gasteiger partial charge in [0.25, 0.3) is 0 Å². The van der Waals surface area contributed by atoms with E-state index in [9.17, 15) is 4.79 Å². The Hall–Kier alpha value is -0.880. The van der Waals surface area contributed by atoms with Crippen LogP contribution in [0.15, 0.2) is 46.9 Å². The van der Waals surface area contributed by atoms with Crippen LogP contribution in [-0.2, 0) is 0 Å². The Morgan fingerprint density at radius 1 is 1.20 bits per heavy atom. The van der Waals surface area contributed by atoms with Crippen molar-refractivity contribution in [2.45, 2.75) is 20.0 Å². The molecule has 2 rings (SSSR count). The van der Waals surface area contributed by atoms with Crippen LogP contribution in [0.5, 0.6) is 5.75 Å². The van der Waals surface area contributed by atoms with Crippen molar-refractivity contribution in [1.82, 2.24) is 0 Å². The van der Waals surface area contributed by atoms with Gasteiger partial charge in [-0.2, -0.15) is 0 Å². The molecular formula is C16H14BrIO2. The second kappa shape index (κ2) is 6.72. The van der Waals surface area contributed by atoms with Crippen LogP contribution in [0.25, 0.3) is 0 Å². The van der Waals surface area contributed by atoms with E-state index in [2.05, 4.69) is 38.5 Å². The van der Waals surface area contributed by atoms with E-state index in [1.54, 1.807) is 6.07 Å². The minimum Gasteiger partial charge on any atom is -0.491 e. The Bertz CT molecular complexity index is 638. The summed E-state index contributed by atoms with van der Waals surface area (Å²) in [6, 6.07) is 13.0. The zero-order chi connectivity index (χ0) is 14.7. The van der Waals surface area contributed by atoms with E-state index < -0.39 is 0 Å². The van der Waals surface area contributed by atoms with Gasteiger partial charge >= 0.3 is 0 Å². The highest BCUT2D eigenvalue weighted by Gasteiger charge is 2.14. The average molecular weight is 445 g/mol. The molecule has 0 amide bonds. The summed E-state index contributed by atoms with van der Waals surface area (Å²) < 4.78 is 7.47. The number of carbonyl (C=O) groups excluding carboxylic acids is 1. The molecule has 2 aromatic rings. The van der Waals surface area contributed by atoms with Gasteiger partial charge in [-0.1, -0.05) is 28.1 Å². The summed E-state index contributed by atoms with van der Waals surface area (Å²) in [4.78, 5) is 12.6. The van der Waals surface area contributed by atoms with Gasteiger partial charge in [-0.15, -0.1) is 0 Å². The van der Waals surface area contributed by atoms with E-state index in [0.717, 1.165) is 13.8 Å². The summed E-state index contributed by atoms with van der Waals surface area (Å²) in [5.41, 5.74) is 1.33. The molecule has 4 heteroatoms. The molecule has 104 valence electrons. The summed E-state index contributed by atoms with van der Waals surface area (Å²) in [5.74, 6) is 0.723. The number of hydrogen-bond acceptors (Lipinski definition) is 2. The fourth-order valence-electron chi connectivity index (χ4n) is 1.81. The van der Waals surface area contributed by atoms with Gasteiger partial charge < -0.3 is 4.74 Å². The molecule has 0 aliphatic heterocycles. The first-order valence-corrected chi connectivity index (χ1v) is 8.11. The molecule has 20 heavy (non-hydrogen) atoms. The van der Waals surface area contributed by atoms with Gasteiger partial charge in [0.15, 0.2) is 5.78 Å². The van der Waals surface area contributed by atoms with Gasteiger partial charge in [-0.3, -0.25) is 4.79 Å². The van der Waals surface area contributed by atoms with Crippen LogP contribution in [0.3, 0.4) is 0 Å². The molecule has 0 N–H and O–H groups in total. The van der Waals surface area contributed by atoms with E-state index in [-0.39, 0.29) is 11.9 Å². The molecule has 0 aliphatic rings. The Balaban J connectivity index is 2.35. The predicted octanol–water partition coefficient (Wildman–Crippen LogP) is 5.07. The summed E-state index contributed by atoms with van der Waals surface area (Å²) in [6.45, 7) is 3.93. The van der Waals surface area contributed by atoms with Gasteiger partial charge in [0.05, 0.1) is 6.10 Å². The first kappa shape index (κ1) is 15.5. The molecule has 2 aromatic carbocycles. The van der Waals surface area contributed by atoms with Crippen molar-refractivity contribution in [2.75, 3.05) is 0 Å². The Kier molecular flexibility index (Phi) is 5.21. The van der Waals surface area contributed by atoms with Gasteiger partial charge in [0, 0.05) is 19.2 Å². The monoisotopic (exact) mass is 444 g/mol. The maximum Gasteiger partial charge on any atom is 0.194 e. The molecular weight excluding hydrogens is 431 g/mol. The largest absolute Gasteiger partial charge is 0.491 e. The lowest BCUT2D eigenvalue weighted by Gasteiger charge is -2.11. The highest BCUT2D eigenvalue weighted by molar-refractivity contribution is 14.1. The van der Waals surface area contributed by atoms with Crippen LogP contribution >= 0.6 is 38.5 Å². The van der Waals surface area contributed by atoms with Crippen molar-refractivity contribution in [2.24, 2.45) is 0 Å². The summed E-state index contributed by atoms with van der Waals surface area (Å²) >= 11 is 5.58. The van der Waals surface area contributed by atoms with Crippen molar-refractivity contribution in [3.8, 4) is 5.75 Å². The molecule has 0 heterocycles. The first-order chi connectivity index (χ1) is 9.47. The summed E-state index contributed by atoms with van der Waals surface area (Å²) in [5, 5.41) is 0. The zero-order valence-electron chi connectivity index (χ0n) is 11.2. The van der Waals surface area contributed by atoms with E-state index in [1.165, 1.54) is 0 Å². The molecule has 0 spiro atoms. The molecule has 0 fully saturated rings. The van der Waals surface area contributed by atoms with Crippen molar-refractivity contribution in [3.63, 3.8) is 0 Å². The number of ketones is 1. The third-order valence-electron chi connectivity index (χ3n) is 2.64. The minimum atomic E-state index is 0.00454. The van der Waals surface area contributed by atoms with Crippen LogP contribution in [-0.4, -0.2) is 11.9 Å². The normalized spacial score (nSPS) is 10.7. The number of ether oxygens (including phenoxy) is 1. The summed E-state index contributed by atoms with van der Waals surface area (Å²) in [7, 11) is 0. The number of carbonyl (C=O) groups is 1. The van der Waals surface area contributed by atoms with Crippen molar-refractivity contribution in [1.29, 1.82) is 0 Å². The molecule has 0 saturated heterocycles. The lowest BCUT2D eigenvalue weighted by molar-refractivity contribution is 0.103. The average Bonchev–Trinajstić information content (AvgIpc) is 2.40. The second-order valence-electron chi connectivity index (χ2n) is 4.65. The topological polar surface area (TPSA) is 26.3 Å². The molecule has 0 bridgehead atoms. The fraction of sp³-hybridized carbons (Fsp3) is 0.188. The molecule has 0 saturated carbocycles. The minimum absolute atomic E-state index is 0.00454. The van der Waals surface area contributed by atoms with Gasteiger partial charge in [-0.25, -0.2) is 0 Å². The SMILES string of the molecule is CC(C)Oc1cccc(C(=O)c2cc(Br)ccc2I)c1. The van der Waals surface area contributed by atoms with Gasteiger partial charge in [0.2, 0.25) is 0 Å². The molecule has 0 aliphatic carbocycles. The van der Waals surface area contributed by atoms with Crippen molar-refractivity contribution >= 4 is 44.3 Å². The van der Waals surface area contributed by atoms with Crippen LogP contribution in [0.4, 0.5) is 0 Å². The lowest BCUT2D eigenvalue weighted by atomic mass is 10.0. The number of benzene rings is 2. The van der Waals surface area contributed by atoms with Gasteiger partial charge in [0.1, 0.15) is 5.75 Å². The van der Waals surface area contributed by atoms with E-state index in [1.807, 2.05) is 50.2 Å². The standard InChI is InChI=1S/C16H14BrIO2/c1-10(2)20-13-5-3-4-11(8-13)16(19)14-9-12(17)6-7-15(14)18/h3-10H,1-2H3. The molecule has 2 nitrogen and oxygen atoms in total. The Morgan fingerprint density at radius 2 is 1.95 bits per heavy atom. The van der Waals surface area contributed by atoms with E-state index >= 15 is 0 Å². The highest BCUT2D eigenvalue weighted by Crippen LogP contribution is 2.23. The number of halogens is 2. The highest BCUT2D eigenvalue weighted by atomic mass is 127. The predicted molar refractivity (Wildman–Crippen MR) is 92.5 cm³/mol. The Labute approximate surface area is 140 Å². The third-order valence-corrected chi connectivity index (χ3v) is 4.07. The smallest absolute Gasteiger partial charge is 0.194 e. The Morgan fingerprint density at radius 3 is 2.65 bits per heavy atom. The summed E-state index contributed by atoms with van der Waals surface area (Å²) in [6.07, 6.45) is 0.0892. The first-order valence-electron chi connectivity index (χ1n) is 6.24. The maximum atomic E-state index is 12.6. The molecule has 0 unspecified atom stereocenters. The van der Waals surface area contributed by atoms with E-state index in [0.29, 0.717) is 11.1 Å². The quantitative estimate of drug-likeness (QED) is 0.486. The molecule has 0 aromatic heterocycles. The zero-order valence-corrected chi connectivity index (χ0v) is 14.9. The van der Waals surface area contributed by atoms with Crippen LogP contribution in [0, 0.1) is 3.57 Å². The lowest BCUT2D eigenvalue weighted by Crippen LogP contribution is -2.07. The number of rotatable bonds is 4. The van der Waals surface area contributed by atoms with Gasteiger partial charge in [-0.05, 0) is 66.8 Å². The second-order valence-corrected chi connectivity index (χ2v) is 6.73. The maximum absolute atomic E-state index is 12.6. The van der Waals surface area contributed by atoms with Crippen LogP contribution in [0.1, 0.15) is 29.8 Å².